The van der Waals surface area contributed by atoms with Gasteiger partial charge in [0.15, 0.2) is 11.8 Å². The van der Waals surface area contributed by atoms with E-state index in [1.807, 2.05) is 56.4 Å². The van der Waals surface area contributed by atoms with Crippen molar-refractivity contribution in [2.75, 3.05) is 13.6 Å². The van der Waals surface area contributed by atoms with Crippen molar-refractivity contribution in [2.24, 2.45) is 0 Å². The SMILES string of the molecule is CCNC(=O)NC(=O)[C@H](c1ccccc1)[NH+](C)Cc1ccc(C)o1. The van der Waals surface area contributed by atoms with Crippen molar-refractivity contribution in [2.45, 2.75) is 26.4 Å². The molecule has 2 aromatic rings. The van der Waals surface area contributed by atoms with Crippen LogP contribution in [-0.2, 0) is 11.3 Å². The van der Waals surface area contributed by atoms with E-state index < -0.39 is 12.1 Å². The first kappa shape index (κ1) is 17.7. The quantitative estimate of drug-likeness (QED) is 0.745. The van der Waals surface area contributed by atoms with Gasteiger partial charge in [-0.2, -0.15) is 0 Å². The van der Waals surface area contributed by atoms with E-state index >= 15 is 0 Å². The lowest BCUT2D eigenvalue weighted by atomic mass is 10.0. The van der Waals surface area contributed by atoms with Crippen LogP contribution in [0.15, 0.2) is 46.9 Å². The molecule has 1 unspecified atom stereocenters. The van der Waals surface area contributed by atoms with E-state index in [4.69, 9.17) is 4.42 Å². The Morgan fingerprint density at radius 3 is 2.46 bits per heavy atom. The molecule has 0 aliphatic heterocycles. The van der Waals surface area contributed by atoms with Crippen molar-refractivity contribution in [3.05, 3.63) is 59.5 Å². The monoisotopic (exact) mass is 330 g/mol. The number of imide groups is 1. The van der Waals surface area contributed by atoms with Crippen LogP contribution < -0.4 is 15.5 Å². The van der Waals surface area contributed by atoms with E-state index in [0.717, 1.165) is 22.0 Å². The fourth-order valence-electron chi connectivity index (χ4n) is 2.65. The first-order chi connectivity index (χ1) is 11.5. The predicted molar refractivity (Wildman–Crippen MR) is 90.4 cm³/mol. The van der Waals surface area contributed by atoms with Crippen LogP contribution in [-0.4, -0.2) is 25.5 Å². The Morgan fingerprint density at radius 1 is 1.17 bits per heavy atom. The van der Waals surface area contributed by atoms with Gasteiger partial charge < -0.3 is 14.6 Å². The highest BCUT2D eigenvalue weighted by Crippen LogP contribution is 2.11. The normalized spacial score (nSPS) is 13.1. The number of rotatable bonds is 6. The van der Waals surface area contributed by atoms with Gasteiger partial charge in [0.05, 0.1) is 7.05 Å². The van der Waals surface area contributed by atoms with E-state index in [0.29, 0.717) is 13.1 Å². The second kappa shape index (κ2) is 8.31. The van der Waals surface area contributed by atoms with Crippen LogP contribution in [0.2, 0.25) is 0 Å². The number of hydrogen-bond donors (Lipinski definition) is 3. The number of carbonyl (C=O) groups excluding carboxylic acids is 2. The summed E-state index contributed by atoms with van der Waals surface area (Å²) >= 11 is 0. The predicted octanol–water partition coefficient (Wildman–Crippen LogP) is 1.19. The standard InChI is InChI=1S/C18H23N3O3/c1-4-19-18(23)20-17(22)16(14-8-6-5-7-9-14)21(3)12-15-11-10-13(2)24-15/h5-11,16H,4,12H2,1-3H3,(H2,19,20,22,23)/p+1/t16-/m0/s1. The minimum Gasteiger partial charge on any atom is -0.460 e. The minimum absolute atomic E-state index is 0.340. The molecule has 0 aliphatic rings. The summed E-state index contributed by atoms with van der Waals surface area (Å²) in [6, 6.07) is 12.2. The summed E-state index contributed by atoms with van der Waals surface area (Å²) in [6.45, 7) is 4.68. The molecule has 0 saturated carbocycles. The molecule has 128 valence electrons. The van der Waals surface area contributed by atoms with Gasteiger partial charge in [0.2, 0.25) is 0 Å². The topological polar surface area (TPSA) is 75.8 Å². The van der Waals surface area contributed by atoms with Gasteiger partial charge in [-0.05, 0) is 26.0 Å². The molecule has 0 fully saturated rings. The molecule has 3 amide bonds. The maximum atomic E-state index is 12.6. The number of benzene rings is 1. The van der Waals surface area contributed by atoms with E-state index in [-0.39, 0.29) is 5.91 Å². The molecule has 3 N–H and O–H groups in total. The number of nitrogens with one attached hydrogen (secondary N) is 3. The number of amides is 3. The van der Waals surface area contributed by atoms with Crippen molar-refractivity contribution in [1.82, 2.24) is 10.6 Å². The van der Waals surface area contributed by atoms with E-state index in [1.54, 1.807) is 6.92 Å². The highest BCUT2D eigenvalue weighted by molar-refractivity contribution is 5.96. The van der Waals surface area contributed by atoms with Crippen LogP contribution in [0.25, 0.3) is 0 Å². The zero-order valence-corrected chi connectivity index (χ0v) is 14.3. The minimum atomic E-state index is -0.515. The van der Waals surface area contributed by atoms with Crippen LogP contribution in [0.3, 0.4) is 0 Å². The average Bonchev–Trinajstić information content (AvgIpc) is 2.93. The molecule has 1 heterocycles. The number of likely N-dealkylation sites (N-methyl/N-ethyl adjacent to an activating group) is 1. The Morgan fingerprint density at radius 2 is 1.88 bits per heavy atom. The van der Waals surface area contributed by atoms with Crippen molar-refractivity contribution in [3.8, 4) is 0 Å². The summed E-state index contributed by atoms with van der Waals surface area (Å²) in [5.74, 6) is 1.30. The lowest BCUT2D eigenvalue weighted by Crippen LogP contribution is -3.09. The first-order valence-corrected chi connectivity index (χ1v) is 8.02. The van der Waals surface area contributed by atoms with Gasteiger partial charge in [0.1, 0.15) is 12.3 Å². The maximum Gasteiger partial charge on any atom is 0.321 e. The van der Waals surface area contributed by atoms with Gasteiger partial charge >= 0.3 is 6.03 Å². The number of aryl methyl sites for hydroxylation is 1. The summed E-state index contributed by atoms with van der Waals surface area (Å²) in [5.41, 5.74) is 0.847. The van der Waals surface area contributed by atoms with Crippen molar-refractivity contribution in [1.29, 1.82) is 0 Å². The van der Waals surface area contributed by atoms with Crippen LogP contribution in [0.1, 0.15) is 30.0 Å². The Balaban J connectivity index is 2.19. The zero-order chi connectivity index (χ0) is 17.5. The third-order valence-corrected chi connectivity index (χ3v) is 3.71. The number of carbonyl (C=O) groups is 2. The van der Waals surface area contributed by atoms with Gasteiger partial charge in [-0.15, -0.1) is 0 Å². The highest BCUT2D eigenvalue weighted by atomic mass is 16.3. The summed E-state index contributed by atoms with van der Waals surface area (Å²) in [5, 5.41) is 4.99. The lowest BCUT2D eigenvalue weighted by molar-refractivity contribution is -0.917. The van der Waals surface area contributed by atoms with Crippen LogP contribution in [0, 0.1) is 6.92 Å². The van der Waals surface area contributed by atoms with Crippen LogP contribution in [0.5, 0.6) is 0 Å². The molecule has 0 aliphatic carbocycles. The van der Waals surface area contributed by atoms with E-state index in [1.165, 1.54) is 0 Å². The summed E-state index contributed by atoms with van der Waals surface area (Å²) < 4.78 is 5.61. The highest BCUT2D eigenvalue weighted by Gasteiger charge is 2.30. The second-order valence-electron chi connectivity index (χ2n) is 5.73. The number of urea groups is 1. The third kappa shape index (κ3) is 4.70. The summed E-state index contributed by atoms with van der Waals surface area (Å²) in [6.07, 6.45) is 0. The maximum absolute atomic E-state index is 12.6. The molecule has 0 spiro atoms. The molecule has 0 saturated heterocycles. The van der Waals surface area contributed by atoms with Gasteiger partial charge in [-0.1, -0.05) is 30.3 Å². The molecule has 6 nitrogen and oxygen atoms in total. The number of quaternary nitrogens is 1. The largest absolute Gasteiger partial charge is 0.460 e. The van der Waals surface area contributed by atoms with Crippen LogP contribution in [0.4, 0.5) is 4.79 Å². The number of furan rings is 1. The first-order valence-electron chi connectivity index (χ1n) is 8.02. The van der Waals surface area contributed by atoms with Crippen molar-refractivity contribution >= 4 is 11.9 Å². The molecule has 2 atom stereocenters. The van der Waals surface area contributed by atoms with E-state index in [9.17, 15) is 9.59 Å². The fraction of sp³-hybridized carbons (Fsp3) is 0.333. The molecular weight excluding hydrogens is 306 g/mol. The Kier molecular flexibility index (Phi) is 6.14. The smallest absolute Gasteiger partial charge is 0.321 e. The van der Waals surface area contributed by atoms with Gasteiger partial charge in [0.25, 0.3) is 5.91 Å². The molecular formula is C18H24N3O3+. The fourth-order valence-corrected chi connectivity index (χ4v) is 2.65. The molecule has 6 heteroatoms. The van der Waals surface area contributed by atoms with Crippen molar-refractivity contribution in [3.63, 3.8) is 0 Å². The van der Waals surface area contributed by atoms with Crippen molar-refractivity contribution < 1.29 is 18.9 Å². The molecule has 1 aromatic carbocycles. The summed E-state index contributed by atoms with van der Waals surface area (Å²) in [7, 11) is 1.91. The second-order valence-corrected chi connectivity index (χ2v) is 5.73. The average molecular weight is 330 g/mol. The zero-order valence-electron chi connectivity index (χ0n) is 14.3. The Hall–Kier alpha value is -2.60. The Labute approximate surface area is 141 Å². The summed E-state index contributed by atoms with van der Waals surface area (Å²) in [4.78, 5) is 25.3. The van der Waals surface area contributed by atoms with Gasteiger partial charge in [-0.25, -0.2) is 4.79 Å². The molecule has 0 radical (unpaired) electrons. The van der Waals surface area contributed by atoms with Gasteiger partial charge in [-0.3, -0.25) is 10.1 Å². The molecule has 2 rings (SSSR count). The van der Waals surface area contributed by atoms with Crippen LogP contribution >= 0.6 is 0 Å². The number of hydrogen-bond acceptors (Lipinski definition) is 3. The lowest BCUT2D eigenvalue weighted by Gasteiger charge is -2.23. The molecule has 24 heavy (non-hydrogen) atoms. The Bertz CT molecular complexity index is 682. The molecule has 1 aromatic heterocycles. The van der Waals surface area contributed by atoms with Gasteiger partial charge in [0, 0.05) is 12.1 Å². The third-order valence-electron chi connectivity index (χ3n) is 3.71. The van der Waals surface area contributed by atoms with E-state index in [2.05, 4.69) is 10.6 Å². The molecule has 0 bridgehead atoms.